The molecule has 2 N–H and O–H groups in total. The Kier molecular flexibility index (Phi) is 4.27. The van der Waals surface area contributed by atoms with Crippen molar-refractivity contribution in [3.8, 4) is 0 Å². The zero-order valence-corrected chi connectivity index (χ0v) is 13.6. The molecule has 1 saturated heterocycles. The molecule has 0 radical (unpaired) electrons. The second kappa shape index (κ2) is 5.87. The van der Waals surface area contributed by atoms with E-state index in [0.717, 1.165) is 10.0 Å². The van der Waals surface area contributed by atoms with E-state index in [9.17, 15) is 15.0 Å². The third-order valence-corrected chi connectivity index (χ3v) is 6.86. The number of hydrogen-bond donors (Lipinski definition) is 2. The number of likely N-dealkylation sites (tertiary alicyclic amines) is 1. The Morgan fingerprint density at radius 3 is 2.67 bits per heavy atom. The van der Waals surface area contributed by atoms with Crippen LogP contribution in [-0.4, -0.2) is 57.1 Å². The van der Waals surface area contributed by atoms with Crippen LogP contribution in [0.3, 0.4) is 0 Å². The summed E-state index contributed by atoms with van der Waals surface area (Å²) in [6, 6.07) is 0. The number of thiazole rings is 1. The molecule has 0 bridgehead atoms. The molecule has 116 valence electrons. The normalized spacial score (nSPS) is 27.7. The van der Waals surface area contributed by atoms with Gasteiger partial charge in [0.1, 0.15) is 0 Å². The maximum absolute atomic E-state index is 12.2. The first-order valence-corrected chi connectivity index (χ1v) is 9.06. The van der Waals surface area contributed by atoms with Gasteiger partial charge in [-0.05, 0) is 19.8 Å². The van der Waals surface area contributed by atoms with Crippen molar-refractivity contribution in [3.63, 3.8) is 0 Å². The lowest BCUT2D eigenvalue weighted by Crippen LogP contribution is -2.62. The highest BCUT2D eigenvalue weighted by molar-refractivity contribution is 8.01. The SMILES string of the molecule is Cc1csc(SCC(=O)N2CCC3(CC2)[C@H](O)C[C@@H]3O)n1. The molecular weight excluding hydrogens is 308 g/mol. The summed E-state index contributed by atoms with van der Waals surface area (Å²) in [6.07, 6.45) is 1.06. The average Bonchev–Trinajstić information content (AvgIpc) is 2.91. The smallest absolute Gasteiger partial charge is 0.233 e. The highest BCUT2D eigenvalue weighted by Crippen LogP contribution is 2.49. The van der Waals surface area contributed by atoms with E-state index in [0.29, 0.717) is 38.1 Å². The summed E-state index contributed by atoms with van der Waals surface area (Å²) in [6.45, 7) is 3.20. The number of rotatable bonds is 3. The first-order valence-electron chi connectivity index (χ1n) is 7.20. The van der Waals surface area contributed by atoms with Gasteiger partial charge in [-0.3, -0.25) is 4.79 Å². The number of aliphatic hydroxyl groups is 2. The topological polar surface area (TPSA) is 73.7 Å². The second-order valence-electron chi connectivity index (χ2n) is 5.92. The quantitative estimate of drug-likeness (QED) is 0.818. The Hall–Kier alpha value is -0.630. The number of amides is 1. The summed E-state index contributed by atoms with van der Waals surface area (Å²) in [7, 11) is 0. The summed E-state index contributed by atoms with van der Waals surface area (Å²) in [5, 5.41) is 21.8. The molecule has 3 rings (SSSR count). The molecule has 7 heteroatoms. The number of hydrogen-bond acceptors (Lipinski definition) is 6. The molecule has 1 aliphatic carbocycles. The molecule has 1 aromatic heterocycles. The number of piperidine rings is 1. The van der Waals surface area contributed by atoms with Crippen LogP contribution in [0.1, 0.15) is 25.0 Å². The van der Waals surface area contributed by atoms with E-state index in [1.165, 1.54) is 11.8 Å². The van der Waals surface area contributed by atoms with Gasteiger partial charge < -0.3 is 15.1 Å². The maximum atomic E-state index is 12.2. The monoisotopic (exact) mass is 328 g/mol. The van der Waals surface area contributed by atoms with Gasteiger partial charge in [0.25, 0.3) is 0 Å². The second-order valence-corrected chi connectivity index (χ2v) is 8.01. The van der Waals surface area contributed by atoms with Gasteiger partial charge in [0.05, 0.1) is 18.0 Å². The molecule has 2 heterocycles. The van der Waals surface area contributed by atoms with Gasteiger partial charge in [-0.1, -0.05) is 11.8 Å². The summed E-state index contributed by atoms with van der Waals surface area (Å²) < 4.78 is 0.930. The third-order valence-electron chi connectivity index (χ3n) is 4.74. The van der Waals surface area contributed by atoms with Crippen LogP contribution in [0.4, 0.5) is 0 Å². The van der Waals surface area contributed by atoms with Gasteiger partial charge in [-0.25, -0.2) is 4.98 Å². The van der Waals surface area contributed by atoms with Gasteiger partial charge in [0.2, 0.25) is 5.91 Å². The van der Waals surface area contributed by atoms with Crippen LogP contribution in [0.25, 0.3) is 0 Å². The Balaban J connectivity index is 1.49. The van der Waals surface area contributed by atoms with E-state index in [-0.39, 0.29) is 11.3 Å². The van der Waals surface area contributed by atoms with Crippen LogP contribution in [-0.2, 0) is 4.79 Å². The summed E-state index contributed by atoms with van der Waals surface area (Å²) in [5.74, 6) is 0.524. The molecule has 21 heavy (non-hydrogen) atoms. The summed E-state index contributed by atoms with van der Waals surface area (Å²) >= 11 is 3.05. The van der Waals surface area contributed by atoms with E-state index < -0.39 is 12.2 Å². The fourth-order valence-corrected chi connectivity index (χ4v) is 4.95. The van der Waals surface area contributed by atoms with Crippen LogP contribution in [0.5, 0.6) is 0 Å². The predicted molar refractivity (Wildman–Crippen MR) is 82.5 cm³/mol. The molecule has 1 saturated carbocycles. The lowest BCUT2D eigenvalue weighted by molar-refractivity contribution is -0.191. The van der Waals surface area contributed by atoms with E-state index in [2.05, 4.69) is 4.98 Å². The molecular formula is C14H20N2O3S2. The van der Waals surface area contributed by atoms with Crippen molar-refractivity contribution in [2.75, 3.05) is 18.8 Å². The molecule has 0 aromatic carbocycles. The molecule has 1 spiro atoms. The highest BCUT2D eigenvalue weighted by atomic mass is 32.2. The van der Waals surface area contributed by atoms with Crippen molar-refractivity contribution in [1.29, 1.82) is 0 Å². The Morgan fingerprint density at radius 2 is 2.14 bits per heavy atom. The van der Waals surface area contributed by atoms with Crippen LogP contribution >= 0.6 is 23.1 Å². The highest BCUT2D eigenvalue weighted by Gasteiger charge is 2.55. The van der Waals surface area contributed by atoms with Crippen molar-refractivity contribution in [1.82, 2.24) is 9.88 Å². The largest absolute Gasteiger partial charge is 0.392 e. The number of aryl methyl sites for hydroxylation is 1. The number of carbonyl (C=O) groups is 1. The van der Waals surface area contributed by atoms with Gasteiger partial charge >= 0.3 is 0 Å². The molecule has 2 fully saturated rings. The van der Waals surface area contributed by atoms with Crippen LogP contribution in [0.15, 0.2) is 9.72 Å². The summed E-state index contributed by atoms with van der Waals surface area (Å²) in [5.41, 5.74) is 0.638. The minimum absolute atomic E-state index is 0.117. The van der Waals surface area contributed by atoms with E-state index in [1.54, 1.807) is 11.3 Å². The molecule has 0 unspecified atom stereocenters. The van der Waals surface area contributed by atoms with Crippen molar-refractivity contribution in [2.24, 2.45) is 5.41 Å². The van der Waals surface area contributed by atoms with E-state index in [1.807, 2.05) is 17.2 Å². The predicted octanol–water partition coefficient (Wildman–Crippen LogP) is 1.28. The van der Waals surface area contributed by atoms with Gasteiger partial charge in [0, 0.05) is 36.0 Å². The number of nitrogens with zero attached hydrogens (tertiary/aromatic N) is 2. The van der Waals surface area contributed by atoms with Crippen molar-refractivity contribution in [3.05, 3.63) is 11.1 Å². The number of aliphatic hydroxyl groups excluding tert-OH is 2. The molecule has 1 amide bonds. The lowest BCUT2D eigenvalue weighted by Gasteiger charge is -2.55. The standard InChI is InChI=1S/C14H20N2O3S2/c1-9-7-20-13(15-9)21-8-12(19)16-4-2-14(3-5-16)10(17)6-11(14)18/h7,10-11,17-18H,2-6,8H2,1H3/t10-,11+. The number of carbonyl (C=O) groups excluding carboxylic acids is 1. The van der Waals surface area contributed by atoms with Gasteiger partial charge in [-0.2, -0.15) is 0 Å². The zero-order valence-electron chi connectivity index (χ0n) is 12.0. The fourth-order valence-electron chi connectivity index (χ4n) is 3.19. The van der Waals surface area contributed by atoms with Crippen molar-refractivity contribution < 1.29 is 15.0 Å². The Morgan fingerprint density at radius 1 is 1.48 bits per heavy atom. The number of thioether (sulfide) groups is 1. The molecule has 1 aromatic rings. The molecule has 5 nitrogen and oxygen atoms in total. The first kappa shape index (κ1) is 15.3. The first-order chi connectivity index (χ1) is 10.0. The zero-order chi connectivity index (χ0) is 15.0. The van der Waals surface area contributed by atoms with Gasteiger partial charge in [0.15, 0.2) is 4.34 Å². The van der Waals surface area contributed by atoms with Gasteiger partial charge in [-0.15, -0.1) is 11.3 Å². The van der Waals surface area contributed by atoms with E-state index >= 15 is 0 Å². The molecule has 2 atom stereocenters. The minimum Gasteiger partial charge on any atom is -0.392 e. The third kappa shape index (κ3) is 2.84. The van der Waals surface area contributed by atoms with Crippen LogP contribution in [0, 0.1) is 12.3 Å². The molecule has 2 aliphatic rings. The lowest BCUT2D eigenvalue weighted by atomic mass is 9.58. The summed E-state index contributed by atoms with van der Waals surface area (Å²) in [4.78, 5) is 18.4. The maximum Gasteiger partial charge on any atom is 0.233 e. The fraction of sp³-hybridized carbons (Fsp3) is 0.714. The van der Waals surface area contributed by atoms with Crippen LogP contribution in [0.2, 0.25) is 0 Å². The van der Waals surface area contributed by atoms with Crippen molar-refractivity contribution >= 4 is 29.0 Å². The van der Waals surface area contributed by atoms with Crippen LogP contribution < -0.4 is 0 Å². The van der Waals surface area contributed by atoms with E-state index in [4.69, 9.17) is 0 Å². The Labute approximate surface area is 132 Å². The number of aromatic nitrogens is 1. The Bertz CT molecular complexity index is 516. The minimum atomic E-state index is -0.405. The molecule has 1 aliphatic heterocycles. The van der Waals surface area contributed by atoms with Crippen molar-refractivity contribution in [2.45, 2.75) is 42.7 Å². The average molecular weight is 328 g/mol.